The summed E-state index contributed by atoms with van der Waals surface area (Å²) < 4.78 is 5.01. The summed E-state index contributed by atoms with van der Waals surface area (Å²) in [5.41, 5.74) is 0.904. The van der Waals surface area contributed by atoms with Crippen molar-refractivity contribution >= 4 is 0 Å². The molecule has 4 nitrogen and oxygen atoms in total. The Kier molecular flexibility index (Phi) is 2.97. The van der Waals surface area contributed by atoms with Crippen molar-refractivity contribution in [2.75, 3.05) is 6.54 Å². The molecule has 1 aromatic rings. The van der Waals surface area contributed by atoms with Gasteiger partial charge in [0.2, 0.25) is 5.89 Å². The minimum atomic E-state index is 0.417. The summed E-state index contributed by atoms with van der Waals surface area (Å²) in [6.45, 7) is 10.1. The molecule has 2 aliphatic carbocycles. The number of nitrogens with zero attached hydrogens (tertiary/aromatic N) is 2. The van der Waals surface area contributed by atoms with Gasteiger partial charge in [-0.2, -0.15) is 4.98 Å². The molecule has 1 heterocycles. The lowest BCUT2D eigenvalue weighted by molar-refractivity contribution is 0.110. The fourth-order valence-corrected chi connectivity index (χ4v) is 4.58. The molecule has 0 aliphatic heterocycles. The standard InChI is InChI=1S/C15H25N3O/c1-10-17-12(18-19-10)6-8-16-13-14(2,3)11-5-7-15(13,4)9-11/h11,13,16H,5-9H2,1-4H3/t11-,13?,15+/m0/s1. The number of aryl methyl sites for hydroxylation is 1. The fourth-order valence-electron chi connectivity index (χ4n) is 4.58. The number of fused-ring (bicyclic) bond motifs is 2. The molecule has 0 aromatic carbocycles. The van der Waals surface area contributed by atoms with Gasteiger partial charge in [-0.1, -0.05) is 25.9 Å². The van der Waals surface area contributed by atoms with E-state index in [2.05, 4.69) is 36.2 Å². The van der Waals surface area contributed by atoms with Crippen molar-refractivity contribution in [3.05, 3.63) is 11.7 Å². The van der Waals surface area contributed by atoms with Crippen LogP contribution in [0.15, 0.2) is 4.52 Å². The van der Waals surface area contributed by atoms with Crippen LogP contribution in [0.4, 0.5) is 0 Å². The van der Waals surface area contributed by atoms with Crippen LogP contribution in [0.3, 0.4) is 0 Å². The zero-order valence-electron chi connectivity index (χ0n) is 12.5. The van der Waals surface area contributed by atoms with Crippen molar-refractivity contribution in [1.29, 1.82) is 0 Å². The Morgan fingerprint density at radius 2 is 2.16 bits per heavy atom. The Hall–Kier alpha value is -0.900. The van der Waals surface area contributed by atoms with E-state index in [1.807, 2.05) is 6.92 Å². The summed E-state index contributed by atoms with van der Waals surface area (Å²) in [7, 11) is 0. The van der Waals surface area contributed by atoms with Gasteiger partial charge in [0, 0.05) is 25.9 Å². The van der Waals surface area contributed by atoms with E-state index in [4.69, 9.17) is 4.52 Å². The van der Waals surface area contributed by atoms with E-state index >= 15 is 0 Å². The molecular weight excluding hydrogens is 238 g/mol. The second-order valence-corrected chi connectivity index (χ2v) is 7.28. The lowest BCUT2D eigenvalue weighted by atomic mass is 9.68. The predicted octanol–water partition coefficient (Wildman–Crippen LogP) is 2.72. The Morgan fingerprint density at radius 3 is 2.74 bits per heavy atom. The van der Waals surface area contributed by atoms with Crippen molar-refractivity contribution in [2.45, 2.75) is 59.4 Å². The smallest absolute Gasteiger partial charge is 0.223 e. The summed E-state index contributed by atoms with van der Waals surface area (Å²) >= 11 is 0. The van der Waals surface area contributed by atoms with E-state index < -0.39 is 0 Å². The van der Waals surface area contributed by atoms with Crippen LogP contribution in [0.5, 0.6) is 0 Å². The summed E-state index contributed by atoms with van der Waals surface area (Å²) in [4.78, 5) is 4.26. The van der Waals surface area contributed by atoms with Gasteiger partial charge in [-0.25, -0.2) is 0 Å². The van der Waals surface area contributed by atoms with Gasteiger partial charge in [-0.3, -0.25) is 0 Å². The molecule has 0 spiro atoms. The van der Waals surface area contributed by atoms with Gasteiger partial charge in [0.25, 0.3) is 0 Å². The fraction of sp³-hybridized carbons (Fsp3) is 0.867. The third kappa shape index (κ3) is 2.10. The Morgan fingerprint density at radius 1 is 1.37 bits per heavy atom. The van der Waals surface area contributed by atoms with Crippen LogP contribution in [0.1, 0.15) is 51.7 Å². The van der Waals surface area contributed by atoms with Gasteiger partial charge in [0.1, 0.15) is 0 Å². The molecule has 2 bridgehead atoms. The van der Waals surface area contributed by atoms with Gasteiger partial charge in [-0.15, -0.1) is 0 Å². The second kappa shape index (κ2) is 4.30. The van der Waals surface area contributed by atoms with Crippen LogP contribution in [-0.2, 0) is 6.42 Å². The lowest BCUT2D eigenvalue weighted by Crippen LogP contribution is -2.50. The van der Waals surface area contributed by atoms with Gasteiger partial charge >= 0.3 is 0 Å². The highest BCUT2D eigenvalue weighted by molar-refractivity contribution is 5.12. The van der Waals surface area contributed by atoms with E-state index in [0.717, 1.165) is 24.7 Å². The van der Waals surface area contributed by atoms with Crippen molar-refractivity contribution in [2.24, 2.45) is 16.7 Å². The Balaban J connectivity index is 1.60. The second-order valence-electron chi connectivity index (χ2n) is 7.28. The first-order chi connectivity index (χ1) is 8.92. The topological polar surface area (TPSA) is 51.0 Å². The highest BCUT2D eigenvalue weighted by atomic mass is 16.5. The first kappa shape index (κ1) is 13.1. The van der Waals surface area contributed by atoms with Crippen LogP contribution in [0, 0.1) is 23.7 Å². The number of hydrogen-bond acceptors (Lipinski definition) is 4. The molecule has 0 amide bonds. The molecule has 2 fully saturated rings. The van der Waals surface area contributed by atoms with E-state index in [1.54, 1.807) is 0 Å². The largest absolute Gasteiger partial charge is 0.340 e. The molecular formula is C15H25N3O. The molecule has 3 rings (SSSR count). The molecule has 2 saturated carbocycles. The predicted molar refractivity (Wildman–Crippen MR) is 73.8 cm³/mol. The van der Waals surface area contributed by atoms with Crippen LogP contribution in [0.2, 0.25) is 0 Å². The van der Waals surface area contributed by atoms with Crippen LogP contribution >= 0.6 is 0 Å². The van der Waals surface area contributed by atoms with Crippen molar-refractivity contribution in [3.8, 4) is 0 Å². The average Bonchev–Trinajstić information content (AvgIpc) is 2.95. The van der Waals surface area contributed by atoms with Crippen molar-refractivity contribution in [3.63, 3.8) is 0 Å². The monoisotopic (exact) mass is 263 g/mol. The first-order valence-electron chi connectivity index (χ1n) is 7.44. The molecule has 3 atom stereocenters. The maximum atomic E-state index is 5.01. The highest BCUT2D eigenvalue weighted by Gasteiger charge is 2.58. The Labute approximate surface area is 115 Å². The summed E-state index contributed by atoms with van der Waals surface area (Å²) in [6, 6.07) is 0.617. The van der Waals surface area contributed by atoms with E-state index in [0.29, 0.717) is 22.8 Å². The molecule has 4 heteroatoms. The zero-order chi connectivity index (χ0) is 13.7. The highest BCUT2D eigenvalue weighted by Crippen LogP contribution is 2.62. The maximum Gasteiger partial charge on any atom is 0.223 e. The summed E-state index contributed by atoms with van der Waals surface area (Å²) in [6.07, 6.45) is 5.02. The summed E-state index contributed by atoms with van der Waals surface area (Å²) in [5.74, 6) is 2.36. The third-order valence-corrected chi connectivity index (χ3v) is 5.54. The van der Waals surface area contributed by atoms with Crippen LogP contribution in [0.25, 0.3) is 0 Å². The molecule has 0 saturated heterocycles. The molecule has 19 heavy (non-hydrogen) atoms. The van der Waals surface area contributed by atoms with Crippen molar-refractivity contribution in [1.82, 2.24) is 15.5 Å². The van der Waals surface area contributed by atoms with E-state index in [-0.39, 0.29) is 0 Å². The zero-order valence-corrected chi connectivity index (χ0v) is 12.5. The minimum absolute atomic E-state index is 0.417. The van der Waals surface area contributed by atoms with Crippen LogP contribution < -0.4 is 5.32 Å². The first-order valence-corrected chi connectivity index (χ1v) is 7.44. The molecule has 1 aromatic heterocycles. The number of nitrogens with one attached hydrogen (secondary N) is 1. The molecule has 0 radical (unpaired) electrons. The number of aromatic nitrogens is 2. The van der Waals surface area contributed by atoms with Gasteiger partial charge < -0.3 is 9.84 Å². The molecule has 1 N–H and O–H groups in total. The average molecular weight is 263 g/mol. The van der Waals surface area contributed by atoms with Crippen molar-refractivity contribution < 1.29 is 4.52 Å². The van der Waals surface area contributed by atoms with E-state index in [9.17, 15) is 0 Å². The third-order valence-electron chi connectivity index (χ3n) is 5.54. The quantitative estimate of drug-likeness (QED) is 0.907. The van der Waals surface area contributed by atoms with Gasteiger partial charge in [0.05, 0.1) is 0 Å². The molecule has 1 unspecified atom stereocenters. The normalized spacial score (nSPS) is 36.0. The van der Waals surface area contributed by atoms with Gasteiger partial charge in [-0.05, 0) is 36.0 Å². The Bertz CT molecular complexity index is 463. The summed E-state index contributed by atoms with van der Waals surface area (Å²) in [5, 5.41) is 7.74. The number of rotatable bonds is 4. The minimum Gasteiger partial charge on any atom is -0.340 e. The lowest BCUT2D eigenvalue weighted by Gasteiger charge is -2.43. The van der Waals surface area contributed by atoms with E-state index in [1.165, 1.54) is 19.3 Å². The molecule has 106 valence electrons. The maximum absolute atomic E-state index is 5.01. The SMILES string of the molecule is Cc1nc(CCNC2C(C)(C)[C@H]3CC[C@]2(C)C3)no1. The van der Waals surface area contributed by atoms with Gasteiger partial charge in [0.15, 0.2) is 5.82 Å². The van der Waals surface area contributed by atoms with Crippen LogP contribution in [-0.4, -0.2) is 22.7 Å². The number of hydrogen-bond donors (Lipinski definition) is 1. The molecule has 2 aliphatic rings.